The van der Waals surface area contributed by atoms with Gasteiger partial charge in [0.05, 0.1) is 18.2 Å². The standard InChI is InChI=1S/C15H18N4OS/c1-10-11(4-6-20-10)8-19(3)9-13-17-14(16-2)12-5-7-21-15(12)18-13/h4-7H,8-9H2,1-3H3,(H,16,17,18). The highest BCUT2D eigenvalue weighted by Crippen LogP contribution is 2.25. The molecule has 3 heterocycles. The molecular formula is C15H18N4OS. The highest BCUT2D eigenvalue weighted by Gasteiger charge is 2.11. The van der Waals surface area contributed by atoms with E-state index in [9.17, 15) is 0 Å². The van der Waals surface area contributed by atoms with Crippen molar-refractivity contribution in [2.45, 2.75) is 20.0 Å². The van der Waals surface area contributed by atoms with Crippen LogP contribution in [0.5, 0.6) is 0 Å². The lowest BCUT2D eigenvalue weighted by Crippen LogP contribution is -2.19. The van der Waals surface area contributed by atoms with E-state index in [4.69, 9.17) is 4.42 Å². The molecule has 0 aromatic carbocycles. The van der Waals surface area contributed by atoms with Crippen LogP contribution < -0.4 is 5.32 Å². The lowest BCUT2D eigenvalue weighted by molar-refractivity contribution is 0.308. The fourth-order valence-electron chi connectivity index (χ4n) is 2.32. The monoisotopic (exact) mass is 302 g/mol. The molecule has 0 saturated carbocycles. The van der Waals surface area contributed by atoms with Gasteiger partial charge >= 0.3 is 0 Å². The van der Waals surface area contributed by atoms with Crippen LogP contribution in [0.3, 0.4) is 0 Å². The van der Waals surface area contributed by atoms with Gasteiger partial charge in [0.1, 0.15) is 22.2 Å². The van der Waals surface area contributed by atoms with Gasteiger partial charge in [0, 0.05) is 19.2 Å². The van der Waals surface area contributed by atoms with Crippen molar-refractivity contribution in [2.24, 2.45) is 0 Å². The zero-order chi connectivity index (χ0) is 14.8. The van der Waals surface area contributed by atoms with Gasteiger partial charge in [-0.05, 0) is 31.5 Å². The van der Waals surface area contributed by atoms with Crippen LogP contribution >= 0.6 is 11.3 Å². The van der Waals surface area contributed by atoms with E-state index in [1.165, 1.54) is 5.56 Å². The molecule has 6 heteroatoms. The van der Waals surface area contributed by atoms with Crippen LogP contribution in [0.4, 0.5) is 5.82 Å². The largest absolute Gasteiger partial charge is 0.469 e. The molecule has 0 aliphatic carbocycles. The number of aryl methyl sites for hydroxylation is 1. The third-order valence-corrected chi connectivity index (χ3v) is 4.23. The molecule has 5 nitrogen and oxygen atoms in total. The first-order valence-corrected chi connectivity index (χ1v) is 7.68. The lowest BCUT2D eigenvalue weighted by atomic mass is 10.2. The van der Waals surface area contributed by atoms with Crippen LogP contribution in [0.2, 0.25) is 0 Å². The SMILES string of the molecule is CNc1nc(CN(C)Cc2ccoc2C)nc2sccc12. The molecule has 0 bridgehead atoms. The van der Waals surface area contributed by atoms with Crippen molar-refractivity contribution in [1.29, 1.82) is 0 Å². The minimum atomic E-state index is 0.702. The minimum absolute atomic E-state index is 0.702. The Morgan fingerprint density at radius 2 is 2.14 bits per heavy atom. The number of fused-ring (bicyclic) bond motifs is 1. The van der Waals surface area contributed by atoms with E-state index in [1.54, 1.807) is 17.6 Å². The second-order valence-electron chi connectivity index (χ2n) is 5.05. The average Bonchev–Trinajstić information content (AvgIpc) is 3.07. The maximum Gasteiger partial charge on any atom is 0.146 e. The Kier molecular flexibility index (Phi) is 3.90. The van der Waals surface area contributed by atoms with Gasteiger partial charge in [-0.1, -0.05) is 0 Å². The van der Waals surface area contributed by atoms with Crippen LogP contribution in [0.1, 0.15) is 17.1 Å². The predicted octanol–water partition coefficient (Wildman–Crippen LogP) is 3.27. The smallest absolute Gasteiger partial charge is 0.146 e. The van der Waals surface area contributed by atoms with Crippen LogP contribution in [0, 0.1) is 6.92 Å². The molecule has 3 rings (SSSR count). The molecule has 0 spiro atoms. The van der Waals surface area contributed by atoms with Crippen molar-refractivity contribution in [2.75, 3.05) is 19.4 Å². The van der Waals surface area contributed by atoms with Crippen molar-refractivity contribution < 1.29 is 4.42 Å². The summed E-state index contributed by atoms with van der Waals surface area (Å²) in [5.74, 6) is 2.69. The molecule has 0 amide bonds. The number of rotatable bonds is 5. The first-order chi connectivity index (χ1) is 10.2. The summed E-state index contributed by atoms with van der Waals surface area (Å²) in [7, 11) is 3.95. The summed E-state index contributed by atoms with van der Waals surface area (Å²) >= 11 is 1.64. The Morgan fingerprint density at radius 3 is 2.86 bits per heavy atom. The third kappa shape index (κ3) is 2.91. The molecule has 0 unspecified atom stereocenters. The summed E-state index contributed by atoms with van der Waals surface area (Å²) in [5, 5.41) is 6.27. The molecule has 0 radical (unpaired) electrons. The maximum atomic E-state index is 5.33. The van der Waals surface area contributed by atoms with Crippen LogP contribution in [0.25, 0.3) is 10.2 Å². The molecule has 0 aliphatic rings. The number of nitrogens with zero attached hydrogens (tertiary/aromatic N) is 3. The minimum Gasteiger partial charge on any atom is -0.469 e. The summed E-state index contributed by atoms with van der Waals surface area (Å²) in [6.07, 6.45) is 1.73. The summed E-state index contributed by atoms with van der Waals surface area (Å²) in [6, 6.07) is 4.06. The highest BCUT2D eigenvalue weighted by atomic mass is 32.1. The number of anilines is 1. The molecule has 0 aliphatic heterocycles. The van der Waals surface area contributed by atoms with Crippen molar-refractivity contribution in [1.82, 2.24) is 14.9 Å². The van der Waals surface area contributed by atoms with Gasteiger partial charge in [-0.2, -0.15) is 0 Å². The molecule has 110 valence electrons. The Labute approximate surface area is 127 Å². The Balaban J connectivity index is 1.79. The van der Waals surface area contributed by atoms with E-state index < -0.39 is 0 Å². The zero-order valence-electron chi connectivity index (χ0n) is 12.4. The zero-order valence-corrected chi connectivity index (χ0v) is 13.2. The number of hydrogen-bond acceptors (Lipinski definition) is 6. The van der Waals surface area contributed by atoms with Gasteiger partial charge in [0.25, 0.3) is 0 Å². The van der Waals surface area contributed by atoms with Crippen LogP contribution in [-0.2, 0) is 13.1 Å². The quantitative estimate of drug-likeness (QED) is 0.784. The van der Waals surface area contributed by atoms with E-state index >= 15 is 0 Å². The number of furan rings is 1. The Bertz CT molecular complexity index is 749. The van der Waals surface area contributed by atoms with E-state index in [0.29, 0.717) is 6.54 Å². The second-order valence-corrected chi connectivity index (χ2v) is 5.95. The van der Waals surface area contributed by atoms with Crippen molar-refractivity contribution >= 4 is 27.4 Å². The van der Waals surface area contributed by atoms with Gasteiger partial charge in [-0.3, -0.25) is 4.90 Å². The van der Waals surface area contributed by atoms with Gasteiger partial charge in [0.15, 0.2) is 0 Å². The van der Waals surface area contributed by atoms with E-state index in [2.05, 4.69) is 27.2 Å². The maximum absolute atomic E-state index is 5.33. The fraction of sp³-hybridized carbons (Fsp3) is 0.333. The lowest BCUT2D eigenvalue weighted by Gasteiger charge is -2.15. The Morgan fingerprint density at radius 1 is 1.29 bits per heavy atom. The third-order valence-electron chi connectivity index (χ3n) is 3.43. The van der Waals surface area contributed by atoms with Crippen molar-refractivity contribution in [3.8, 4) is 0 Å². The van der Waals surface area contributed by atoms with E-state index in [1.807, 2.05) is 31.5 Å². The summed E-state index contributed by atoms with van der Waals surface area (Å²) in [4.78, 5) is 12.5. The van der Waals surface area contributed by atoms with Crippen LogP contribution in [-0.4, -0.2) is 29.0 Å². The molecule has 0 saturated heterocycles. The number of nitrogens with one attached hydrogen (secondary N) is 1. The average molecular weight is 302 g/mol. The normalized spacial score (nSPS) is 11.4. The van der Waals surface area contributed by atoms with Gasteiger partial charge < -0.3 is 9.73 Å². The van der Waals surface area contributed by atoms with Gasteiger partial charge in [-0.25, -0.2) is 9.97 Å². The number of thiophene rings is 1. The molecule has 3 aromatic heterocycles. The topological polar surface area (TPSA) is 54.2 Å². The summed E-state index contributed by atoms with van der Waals surface area (Å²) in [5.41, 5.74) is 1.20. The first-order valence-electron chi connectivity index (χ1n) is 6.80. The second kappa shape index (κ2) is 5.83. The van der Waals surface area contributed by atoms with Gasteiger partial charge in [-0.15, -0.1) is 11.3 Å². The van der Waals surface area contributed by atoms with Crippen LogP contribution in [0.15, 0.2) is 28.2 Å². The van der Waals surface area contributed by atoms with E-state index in [-0.39, 0.29) is 0 Å². The molecular weight excluding hydrogens is 284 g/mol. The molecule has 0 atom stereocenters. The van der Waals surface area contributed by atoms with Crippen molar-refractivity contribution in [3.63, 3.8) is 0 Å². The number of aromatic nitrogens is 2. The fourth-order valence-corrected chi connectivity index (χ4v) is 3.11. The van der Waals surface area contributed by atoms with Gasteiger partial charge in [0.2, 0.25) is 0 Å². The molecule has 0 fully saturated rings. The molecule has 21 heavy (non-hydrogen) atoms. The first kappa shape index (κ1) is 14.0. The van der Waals surface area contributed by atoms with Crippen molar-refractivity contribution in [3.05, 3.63) is 40.9 Å². The highest BCUT2D eigenvalue weighted by molar-refractivity contribution is 7.16. The molecule has 1 N–H and O–H groups in total. The number of hydrogen-bond donors (Lipinski definition) is 1. The van der Waals surface area contributed by atoms with E-state index in [0.717, 1.165) is 34.2 Å². The summed E-state index contributed by atoms with van der Waals surface area (Å²) in [6.45, 7) is 3.51. The predicted molar refractivity (Wildman–Crippen MR) is 85.6 cm³/mol. The Hall–Kier alpha value is -1.92. The summed E-state index contributed by atoms with van der Waals surface area (Å²) < 4.78 is 5.33. The molecule has 3 aromatic rings.